The van der Waals surface area contributed by atoms with Crippen LogP contribution >= 0.6 is 0 Å². The Morgan fingerprint density at radius 1 is 1.12 bits per heavy atom. The largest absolute Gasteiger partial charge is 0.494 e. The van der Waals surface area contributed by atoms with Gasteiger partial charge in [-0.05, 0) is 51.5 Å². The number of benzene rings is 1. The minimum atomic E-state index is -0.657. The predicted molar refractivity (Wildman–Crippen MR) is 148 cm³/mol. The molecule has 1 saturated heterocycles. The number of piperazine rings is 1. The first-order valence-corrected chi connectivity index (χ1v) is 13.2. The summed E-state index contributed by atoms with van der Waals surface area (Å²) in [6.07, 6.45) is 3.07. The number of aromatic nitrogens is 3. The number of rotatable bonds is 5. The molecule has 2 aliphatic heterocycles. The van der Waals surface area contributed by atoms with Crippen molar-refractivity contribution in [1.29, 1.82) is 0 Å². The van der Waals surface area contributed by atoms with E-state index in [0.29, 0.717) is 49.0 Å². The van der Waals surface area contributed by atoms with Crippen molar-refractivity contribution < 1.29 is 18.3 Å². The van der Waals surface area contributed by atoms with Crippen molar-refractivity contribution in [2.24, 2.45) is 0 Å². The van der Waals surface area contributed by atoms with Gasteiger partial charge in [0.2, 0.25) is 5.91 Å². The fraction of sp³-hybridized carbons (Fsp3) is 0.379. The van der Waals surface area contributed by atoms with Crippen LogP contribution in [0.4, 0.5) is 20.3 Å². The summed E-state index contributed by atoms with van der Waals surface area (Å²) in [5.41, 5.74) is 1.25. The molecule has 1 aromatic carbocycles. The lowest BCUT2D eigenvalue weighted by Gasteiger charge is -2.45. The molecule has 0 saturated carbocycles. The third-order valence-electron chi connectivity index (χ3n) is 7.74. The summed E-state index contributed by atoms with van der Waals surface area (Å²) in [5.74, 6) is -0.351. The van der Waals surface area contributed by atoms with E-state index in [1.54, 1.807) is 28.9 Å². The number of para-hydroxylation sites is 1. The highest BCUT2D eigenvalue weighted by Crippen LogP contribution is 2.37. The van der Waals surface area contributed by atoms with E-state index in [0.717, 1.165) is 5.56 Å². The molecule has 3 aromatic rings. The molecule has 4 heterocycles. The predicted octanol–water partition coefficient (Wildman–Crippen LogP) is 3.40. The number of amides is 1. The van der Waals surface area contributed by atoms with E-state index in [2.05, 4.69) is 16.5 Å². The van der Waals surface area contributed by atoms with E-state index in [1.165, 1.54) is 36.1 Å². The smallest absolute Gasteiger partial charge is 0.354 e. The van der Waals surface area contributed by atoms with Gasteiger partial charge in [0.15, 0.2) is 5.82 Å². The van der Waals surface area contributed by atoms with Gasteiger partial charge in [-0.2, -0.15) is 4.98 Å². The summed E-state index contributed by atoms with van der Waals surface area (Å²) < 4.78 is 37.1. The SMILES string of the molecule is C=CC(=O)N1C[C@H](C)N(c2nc(=O)n(-c3c(F)ccnc3C)c3c2CCN(c2c(F)cccc2OC)C3)C[C@H]1C. The number of pyridine rings is 1. The number of fused-ring (bicyclic) bond motifs is 1. The highest BCUT2D eigenvalue weighted by molar-refractivity contribution is 5.87. The summed E-state index contributed by atoms with van der Waals surface area (Å²) >= 11 is 0. The molecular formula is C29H32F2N6O3. The van der Waals surface area contributed by atoms with Gasteiger partial charge in [0.05, 0.1) is 25.0 Å². The summed E-state index contributed by atoms with van der Waals surface area (Å²) in [4.78, 5) is 40.4. The number of hydrogen-bond acceptors (Lipinski definition) is 7. The molecule has 1 amide bonds. The number of methoxy groups -OCH3 is 1. The quantitative estimate of drug-likeness (QED) is 0.451. The molecule has 9 nitrogen and oxygen atoms in total. The minimum Gasteiger partial charge on any atom is -0.494 e. The topological polar surface area (TPSA) is 83.8 Å². The van der Waals surface area contributed by atoms with Gasteiger partial charge in [-0.1, -0.05) is 12.6 Å². The Bertz CT molecular complexity index is 1520. The van der Waals surface area contributed by atoms with Gasteiger partial charge < -0.3 is 19.4 Å². The highest BCUT2D eigenvalue weighted by Gasteiger charge is 2.36. The van der Waals surface area contributed by atoms with E-state index in [4.69, 9.17) is 4.74 Å². The molecule has 2 aliphatic rings. The fourth-order valence-corrected chi connectivity index (χ4v) is 5.78. The third-order valence-corrected chi connectivity index (χ3v) is 7.74. The van der Waals surface area contributed by atoms with Gasteiger partial charge in [-0.25, -0.2) is 13.6 Å². The van der Waals surface area contributed by atoms with Crippen LogP contribution in [-0.4, -0.2) is 64.2 Å². The third kappa shape index (κ3) is 4.59. The molecule has 2 aromatic heterocycles. The second-order valence-electron chi connectivity index (χ2n) is 10.2. The van der Waals surface area contributed by atoms with Crippen LogP contribution in [0.5, 0.6) is 5.75 Å². The standard InChI is InChI=1S/C29H32F2N6O3/c1-6-25(38)35-14-18(3)36(15-17(35)2)28-20-11-13-34(27-21(30)8-7-9-24(27)40-5)16-23(20)37(29(39)33-28)26-19(4)32-12-10-22(26)31/h6-10,12,17-18H,1,11,13-16H2,2-5H3/t17-,18+/m1/s1. The van der Waals surface area contributed by atoms with Crippen LogP contribution in [-0.2, 0) is 17.8 Å². The molecule has 40 heavy (non-hydrogen) atoms. The maximum absolute atomic E-state index is 15.2. The maximum atomic E-state index is 15.2. The number of hydrogen-bond donors (Lipinski definition) is 0. The van der Waals surface area contributed by atoms with Crippen LogP contribution in [0.3, 0.4) is 0 Å². The van der Waals surface area contributed by atoms with Crippen LogP contribution in [0.2, 0.25) is 0 Å². The van der Waals surface area contributed by atoms with E-state index < -0.39 is 17.3 Å². The monoisotopic (exact) mass is 550 g/mol. The minimum absolute atomic E-state index is 0.0213. The van der Waals surface area contributed by atoms with Crippen LogP contribution < -0.4 is 20.2 Å². The Kier molecular flexibility index (Phi) is 7.31. The zero-order chi connectivity index (χ0) is 28.7. The van der Waals surface area contributed by atoms with Gasteiger partial charge in [0, 0.05) is 43.5 Å². The van der Waals surface area contributed by atoms with Crippen LogP contribution in [0.25, 0.3) is 5.69 Å². The van der Waals surface area contributed by atoms with Crippen molar-refractivity contribution in [3.05, 3.63) is 82.2 Å². The molecule has 0 N–H and O–H groups in total. The Hall–Kier alpha value is -4.28. The molecule has 0 unspecified atom stereocenters. The molecule has 1 fully saturated rings. The molecule has 0 aliphatic carbocycles. The first-order valence-electron chi connectivity index (χ1n) is 13.2. The normalized spacial score (nSPS) is 18.9. The van der Waals surface area contributed by atoms with Gasteiger partial charge in [0.25, 0.3) is 0 Å². The maximum Gasteiger partial charge on any atom is 0.354 e. The number of carbonyl (C=O) groups is 1. The van der Waals surface area contributed by atoms with E-state index >= 15 is 8.78 Å². The number of nitrogens with zero attached hydrogens (tertiary/aromatic N) is 6. The van der Waals surface area contributed by atoms with Crippen molar-refractivity contribution >= 4 is 17.4 Å². The average molecular weight is 551 g/mol. The molecule has 210 valence electrons. The number of ether oxygens (including phenoxy) is 1. The molecular weight excluding hydrogens is 518 g/mol. The second-order valence-corrected chi connectivity index (χ2v) is 10.2. The second kappa shape index (κ2) is 10.7. The average Bonchev–Trinajstić information content (AvgIpc) is 2.94. The van der Waals surface area contributed by atoms with Crippen LogP contribution in [0.15, 0.2) is 47.9 Å². The van der Waals surface area contributed by atoms with Gasteiger partial charge in [0.1, 0.15) is 28.8 Å². The van der Waals surface area contributed by atoms with Crippen molar-refractivity contribution in [3.63, 3.8) is 0 Å². The van der Waals surface area contributed by atoms with Crippen molar-refractivity contribution in [2.45, 2.75) is 45.8 Å². The molecule has 0 radical (unpaired) electrons. The summed E-state index contributed by atoms with van der Waals surface area (Å²) in [6, 6.07) is 5.51. The first-order chi connectivity index (χ1) is 19.2. The lowest BCUT2D eigenvalue weighted by atomic mass is 10.0. The van der Waals surface area contributed by atoms with Crippen molar-refractivity contribution in [2.75, 3.05) is 36.5 Å². The molecule has 0 spiro atoms. The Balaban J connectivity index is 1.68. The van der Waals surface area contributed by atoms with Gasteiger partial charge in [-0.3, -0.25) is 14.3 Å². The van der Waals surface area contributed by atoms with Gasteiger partial charge >= 0.3 is 5.69 Å². The Morgan fingerprint density at radius 2 is 1.88 bits per heavy atom. The molecule has 11 heteroatoms. The fourth-order valence-electron chi connectivity index (χ4n) is 5.78. The summed E-state index contributed by atoms with van der Waals surface area (Å²) in [7, 11) is 1.47. The zero-order valence-corrected chi connectivity index (χ0v) is 23.0. The summed E-state index contributed by atoms with van der Waals surface area (Å²) in [6.45, 7) is 10.6. The van der Waals surface area contributed by atoms with Crippen molar-refractivity contribution in [3.8, 4) is 11.4 Å². The Morgan fingerprint density at radius 3 is 2.58 bits per heavy atom. The molecule has 5 rings (SSSR count). The lowest BCUT2D eigenvalue weighted by molar-refractivity contribution is -0.128. The zero-order valence-electron chi connectivity index (χ0n) is 23.0. The van der Waals surface area contributed by atoms with Crippen molar-refractivity contribution in [1.82, 2.24) is 19.4 Å². The van der Waals surface area contributed by atoms with Gasteiger partial charge in [-0.15, -0.1) is 0 Å². The van der Waals surface area contributed by atoms with Crippen LogP contribution in [0, 0.1) is 18.6 Å². The lowest BCUT2D eigenvalue weighted by Crippen LogP contribution is -2.58. The molecule has 0 bridgehead atoms. The first kappa shape index (κ1) is 27.3. The number of aryl methyl sites for hydroxylation is 1. The van der Waals surface area contributed by atoms with E-state index in [9.17, 15) is 9.59 Å². The Labute approximate surface area is 231 Å². The van der Waals surface area contributed by atoms with E-state index in [-0.39, 0.29) is 35.9 Å². The highest BCUT2D eigenvalue weighted by atomic mass is 19.1. The summed E-state index contributed by atoms with van der Waals surface area (Å²) in [5, 5.41) is 0. The molecule has 2 atom stereocenters. The number of halogens is 2. The van der Waals surface area contributed by atoms with E-state index in [1.807, 2.05) is 18.7 Å². The number of carbonyl (C=O) groups excluding carboxylic acids is 1. The number of anilines is 2. The van der Waals surface area contributed by atoms with Crippen LogP contribution in [0.1, 0.15) is 30.8 Å².